The van der Waals surface area contributed by atoms with E-state index >= 15 is 0 Å². The number of rotatable bonds is 3. The van der Waals surface area contributed by atoms with E-state index in [1.165, 1.54) is 0 Å². The van der Waals surface area contributed by atoms with Gasteiger partial charge in [0, 0.05) is 6.54 Å². The van der Waals surface area contributed by atoms with E-state index in [0.717, 1.165) is 18.4 Å². The van der Waals surface area contributed by atoms with Crippen molar-refractivity contribution in [2.24, 2.45) is 5.92 Å². The van der Waals surface area contributed by atoms with Crippen LogP contribution in [-0.4, -0.2) is 48.0 Å². The monoisotopic (exact) mass is 291 g/mol. The van der Waals surface area contributed by atoms with E-state index in [9.17, 15) is 9.90 Å². The van der Waals surface area contributed by atoms with Crippen LogP contribution in [0.5, 0.6) is 0 Å². The molecule has 3 rings (SSSR count). The van der Waals surface area contributed by atoms with Gasteiger partial charge in [0.05, 0.1) is 25.4 Å². The first-order valence-corrected chi connectivity index (χ1v) is 7.47. The number of benzene rings is 1. The van der Waals surface area contributed by atoms with Crippen LogP contribution in [0.3, 0.4) is 0 Å². The van der Waals surface area contributed by atoms with Crippen molar-refractivity contribution in [1.29, 1.82) is 0 Å². The van der Waals surface area contributed by atoms with E-state index in [4.69, 9.17) is 9.47 Å². The third-order valence-corrected chi connectivity index (χ3v) is 4.23. The van der Waals surface area contributed by atoms with Gasteiger partial charge in [-0.3, -0.25) is 0 Å². The minimum atomic E-state index is -0.285. The van der Waals surface area contributed by atoms with Crippen LogP contribution in [0.25, 0.3) is 0 Å². The van der Waals surface area contributed by atoms with Gasteiger partial charge in [0.25, 0.3) is 0 Å². The van der Waals surface area contributed by atoms with Crippen LogP contribution in [0.2, 0.25) is 0 Å². The van der Waals surface area contributed by atoms with E-state index in [-0.39, 0.29) is 18.3 Å². The highest BCUT2D eigenvalue weighted by atomic mass is 16.6. The summed E-state index contributed by atoms with van der Waals surface area (Å²) in [6, 6.07) is 9.66. The summed E-state index contributed by atoms with van der Waals surface area (Å²) in [6.07, 6.45) is 1.10. The molecule has 1 heterocycles. The van der Waals surface area contributed by atoms with Crippen molar-refractivity contribution in [2.45, 2.75) is 31.7 Å². The molecule has 0 bridgehead atoms. The van der Waals surface area contributed by atoms with Gasteiger partial charge in [-0.25, -0.2) is 4.79 Å². The number of hydrogen-bond acceptors (Lipinski definition) is 4. The molecule has 5 nitrogen and oxygen atoms in total. The number of nitrogens with zero attached hydrogens (tertiary/aromatic N) is 1. The topological polar surface area (TPSA) is 59.0 Å². The molecule has 1 aromatic carbocycles. The zero-order chi connectivity index (χ0) is 14.7. The van der Waals surface area contributed by atoms with E-state index in [1.807, 2.05) is 30.3 Å². The Bertz CT molecular complexity index is 472. The number of amides is 1. The Hall–Kier alpha value is -1.59. The Labute approximate surface area is 124 Å². The van der Waals surface area contributed by atoms with Gasteiger partial charge in [0.15, 0.2) is 0 Å². The number of ether oxygens (including phenoxy) is 2. The first kappa shape index (κ1) is 14.4. The van der Waals surface area contributed by atoms with Crippen LogP contribution in [-0.2, 0) is 16.1 Å². The molecule has 2 aliphatic rings. The molecule has 1 N–H and O–H groups in total. The summed E-state index contributed by atoms with van der Waals surface area (Å²) >= 11 is 0. The van der Waals surface area contributed by atoms with E-state index in [2.05, 4.69) is 0 Å². The lowest BCUT2D eigenvalue weighted by atomic mass is 9.78. The van der Waals surface area contributed by atoms with E-state index < -0.39 is 0 Å². The predicted molar refractivity (Wildman–Crippen MR) is 76.7 cm³/mol. The second-order valence-electron chi connectivity index (χ2n) is 5.78. The smallest absolute Gasteiger partial charge is 0.410 e. The maximum Gasteiger partial charge on any atom is 0.410 e. The van der Waals surface area contributed by atoms with E-state index in [1.54, 1.807) is 4.90 Å². The van der Waals surface area contributed by atoms with Crippen molar-refractivity contribution in [2.75, 3.05) is 19.7 Å². The molecule has 1 aliphatic carbocycles. The minimum absolute atomic E-state index is 0.0337. The quantitative estimate of drug-likeness (QED) is 0.922. The van der Waals surface area contributed by atoms with Gasteiger partial charge in [-0.05, 0) is 24.3 Å². The summed E-state index contributed by atoms with van der Waals surface area (Å²) in [4.78, 5) is 13.8. The van der Waals surface area contributed by atoms with Crippen LogP contribution < -0.4 is 0 Å². The Morgan fingerprint density at radius 3 is 2.81 bits per heavy atom. The summed E-state index contributed by atoms with van der Waals surface area (Å²) in [6.45, 7) is 1.96. The fourth-order valence-electron chi connectivity index (χ4n) is 2.87. The molecule has 114 valence electrons. The zero-order valence-corrected chi connectivity index (χ0v) is 12.0. The molecule has 1 aromatic rings. The second kappa shape index (κ2) is 6.45. The number of carbonyl (C=O) groups is 1. The Balaban J connectivity index is 1.48. The molecule has 0 radical (unpaired) electrons. The van der Waals surface area contributed by atoms with Gasteiger partial charge in [-0.1, -0.05) is 30.3 Å². The highest BCUT2D eigenvalue weighted by Gasteiger charge is 2.38. The average Bonchev–Trinajstić information content (AvgIpc) is 2.50. The maximum atomic E-state index is 12.1. The van der Waals surface area contributed by atoms with Crippen molar-refractivity contribution in [3.05, 3.63) is 35.9 Å². The summed E-state index contributed by atoms with van der Waals surface area (Å²) in [7, 11) is 0. The average molecular weight is 291 g/mol. The minimum Gasteiger partial charge on any atom is -0.445 e. The van der Waals surface area contributed by atoms with Crippen LogP contribution in [0.15, 0.2) is 30.3 Å². The van der Waals surface area contributed by atoms with Crippen molar-refractivity contribution >= 4 is 6.09 Å². The first-order valence-electron chi connectivity index (χ1n) is 7.47. The zero-order valence-electron chi connectivity index (χ0n) is 12.0. The molecule has 1 atom stereocenters. The third-order valence-electron chi connectivity index (χ3n) is 4.23. The number of hydrogen-bond donors (Lipinski definition) is 1. The van der Waals surface area contributed by atoms with Crippen LogP contribution in [0.1, 0.15) is 18.4 Å². The van der Waals surface area contributed by atoms with Gasteiger partial charge in [-0.2, -0.15) is 0 Å². The van der Waals surface area contributed by atoms with Gasteiger partial charge < -0.3 is 19.5 Å². The number of aliphatic hydroxyl groups is 1. The van der Waals surface area contributed by atoms with Gasteiger partial charge in [-0.15, -0.1) is 0 Å². The van der Waals surface area contributed by atoms with Crippen LogP contribution >= 0.6 is 0 Å². The molecule has 2 fully saturated rings. The Morgan fingerprint density at radius 1 is 1.33 bits per heavy atom. The largest absolute Gasteiger partial charge is 0.445 e. The standard InChI is InChI=1S/C16H21NO4/c18-14-8-13(9-14)15-10-17(6-7-20-15)16(19)21-11-12-4-2-1-3-5-12/h1-5,13-15,18H,6-11H2. The summed E-state index contributed by atoms with van der Waals surface area (Å²) in [5.74, 6) is 0.365. The van der Waals surface area contributed by atoms with Crippen molar-refractivity contribution < 1.29 is 19.4 Å². The Morgan fingerprint density at radius 2 is 2.10 bits per heavy atom. The van der Waals surface area contributed by atoms with Gasteiger partial charge >= 0.3 is 6.09 Å². The normalized spacial score (nSPS) is 28.8. The molecular formula is C16H21NO4. The fraction of sp³-hybridized carbons (Fsp3) is 0.562. The molecular weight excluding hydrogens is 270 g/mol. The third kappa shape index (κ3) is 3.54. The molecule has 5 heteroatoms. The highest BCUT2D eigenvalue weighted by Crippen LogP contribution is 2.33. The van der Waals surface area contributed by atoms with Crippen molar-refractivity contribution in [3.63, 3.8) is 0 Å². The molecule has 1 aliphatic heterocycles. The van der Waals surface area contributed by atoms with Crippen LogP contribution in [0, 0.1) is 5.92 Å². The summed E-state index contributed by atoms with van der Waals surface area (Å²) < 4.78 is 11.1. The summed E-state index contributed by atoms with van der Waals surface area (Å²) in [5, 5.41) is 9.37. The first-order chi connectivity index (χ1) is 10.2. The molecule has 1 unspecified atom stereocenters. The lowest BCUT2D eigenvalue weighted by molar-refractivity contribution is -0.0993. The molecule has 1 saturated carbocycles. The van der Waals surface area contributed by atoms with Crippen LogP contribution in [0.4, 0.5) is 4.79 Å². The molecule has 0 spiro atoms. The fourth-order valence-corrected chi connectivity index (χ4v) is 2.87. The maximum absolute atomic E-state index is 12.1. The van der Waals surface area contributed by atoms with Crippen molar-refractivity contribution in [3.8, 4) is 0 Å². The molecule has 21 heavy (non-hydrogen) atoms. The molecule has 0 aromatic heterocycles. The van der Waals surface area contributed by atoms with Gasteiger partial charge in [0.1, 0.15) is 6.61 Å². The highest BCUT2D eigenvalue weighted by molar-refractivity contribution is 5.67. The van der Waals surface area contributed by atoms with Gasteiger partial charge in [0.2, 0.25) is 0 Å². The summed E-state index contributed by atoms with van der Waals surface area (Å²) in [5.41, 5.74) is 0.984. The lowest BCUT2D eigenvalue weighted by Gasteiger charge is -2.42. The molecule has 1 amide bonds. The number of morpholine rings is 1. The number of carbonyl (C=O) groups excluding carboxylic acids is 1. The predicted octanol–water partition coefficient (Wildman–Crippen LogP) is 1.79. The SMILES string of the molecule is O=C(OCc1ccccc1)N1CCOC(C2CC(O)C2)C1. The lowest BCUT2D eigenvalue weighted by Crippen LogP contribution is -2.51. The van der Waals surface area contributed by atoms with Crippen molar-refractivity contribution in [1.82, 2.24) is 4.90 Å². The molecule has 1 saturated heterocycles. The van der Waals surface area contributed by atoms with E-state index in [0.29, 0.717) is 32.2 Å². The Kier molecular flexibility index (Phi) is 4.41. The number of aliphatic hydroxyl groups excluding tert-OH is 1. The second-order valence-corrected chi connectivity index (χ2v) is 5.78.